The van der Waals surface area contributed by atoms with Gasteiger partial charge in [0.25, 0.3) is 5.91 Å². The summed E-state index contributed by atoms with van der Waals surface area (Å²) in [5, 5.41) is 3.22. The fraction of sp³-hybridized carbons (Fsp3) is 0.200. The number of fused-ring (bicyclic) bond motifs is 1. The van der Waals surface area contributed by atoms with Gasteiger partial charge in [0.1, 0.15) is 6.54 Å². The Morgan fingerprint density at radius 1 is 1.22 bits per heavy atom. The molecule has 1 aliphatic rings. The smallest absolute Gasteiger partial charge is 0.294 e. The van der Waals surface area contributed by atoms with Gasteiger partial charge in [-0.1, -0.05) is 41.9 Å². The van der Waals surface area contributed by atoms with Crippen molar-refractivity contribution >= 4 is 35.2 Å². The molecule has 0 radical (unpaired) electrons. The number of para-hydroxylation sites is 2. The number of hydrogen-bond donors (Lipinski definition) is 1. The van der Waals surface area contributed by atoms with Crippen LogP contribution in [0.3, 0.4) is 0 Å². The van der Waals surface area contributed by atoms with E-state index in [4.69, 9.17) is 21.1 Å². The van der Waals surface area contributed by atoms with Crippen LogP contribution >= 0.6 is 11.6 Å². The molecule has 2 aromatic carbocycles. The molecule has 2 amide bonds. The van der Waals surface area contributed by atoms with Gasteiger partial charge in [-0.3, -0.25) is 14.5 Å². The average molecular weight is 387 g/mol. The molecule has 0 saturated heterocycles. The van der Waals surface area contributed by atoms with Crippen molar-refractivity contribution < 1.29 is 19.1 Å². The summed E-state index contributed by atoms with van der Waals surface area (Å²) in [6.45, 7) is 0.650. The quantitative estimate of drug-likeness (QED) is 0.612. The highest BCUT2D eigenvalue weighted by Crippen LogP contribution is 2.35. The van der Waals surface area contributed by atoms with Crippen LogP contribution in [-0.2, 0) is 14.3 Å². The van der Waals surface area contributed by atoms with E-state index in [9.17, 15) is 9.59 Å². The van der Waals surface area contributed by atoms with Crippen molar-refractivity contribution in [2.24, 2.45) is 0 Å². The summed E-state index contributed by atoms with van der Waals surface area (Å²) in [6, 6.07) is 14.2. The van der Waals surface area contributed by atoms with Crippen molar-refractivity contribution in [2.45, 2.75) is 0 Å². The lowest BCUT2D eigenvalue weighted by Gasteiger charge is -2.30. The first-order valence-corrected chi connectivity index (χ1v) is 8.78. The first-order chi connectivity index (χ1) is 13.1. The van der Waals surface area contributed by atoms with Gasteiger partial charge in [0.2, 0.25) is 5.91 Å². The van der Waals surface area contributed by atoms with Crippen molar-refractivity contribution in [3.8, 4) is 5.75 Å². The Balaban J connectivity index is 1.89. The van der Waals surface area contributed by atoms with Crippen LogP contribution in [-0.4, -0.2) is 38.6 Å². The zero-order chi connectivity index (χ0) is 19.2. The Morgan fingerprint density at radius 3 is 2.74 bits per heavy atom. The van der Waals surface area contributed by atoms with Crippen LogP contribution in [0.15, 0.2) is 54.3 Å². The summed E-state index contributed by atoms with van der Waals surface area (Å²) in [6.07, 6.45) is 1.58. The molecule has 0 bridgehead atoms. The number of nitrogens with zero attached hydrogens (tertiary/aromatic N) is 1. The molecule has 0 atom stereocenters. The van der Waals surface area contributed by atoms with E-state index >= 15 is 0 Å². The highest BCUT2D eigenvalue weighted by Gasteiger charge is 2.31. The Labute approximate surface area is 162 Å². The Kier molecular flexibility index (Phi) is 6.11. The van der Waals surface area contributed by atoms with Gasteiger partial charge < -0.3 is 14.8 Å². The third kappa shape index (κ3) is 4.48. The topological polar surface area (TPSA) is 67.9 Å². The molecule has 2 aromatic rings. The lowest BCUT2D eigenvalue weighted by molar-refractivity contribution is -0.123. The molecule has 0 saturated carbocycles. The number of anilines is 1. The molecular formula is C20H19ClN2O4. The van der Waals surface area contributed by atoms with Gasteiger partial charge in [0.15, 0.2) is 11.5 Å². The van der Waals surface area contributed by atoms with Crippen molar-refractivity contribution in [1.29, 1.82) is 0 Å². The third-order valence-electron chi connectivity index (χ3n) is 3.95. The number of benzene rings is 2. The number of ether oxygens (including phenoxy) is 2. The molecule has 0 aliphatic carbocycles. The fourth-order valence-corrected chi connectivity index (χ4v) is 2.83. The monoisotopic (exact) mass is 386 g/mol. The minimum absolute atomic E-state index is 0.103. The Morgan fingerprint density at radius 2 is 1.96 bits per heavy atom. The molecule has 0 fully saturated rings. The summed E-state index contributed by atoms with van der Waals surface area (Å²) in [5.74, 6) is -0.0868. The summed E-state index contributed by atoms with van der Waals surface area (Å²) < 4.78 is 10.7. The van der Waals surface area contributed by atoms with Crippen LogP contribution in [0.2, 0.25) is 5.02 Å². The van der Waals surface area contributed by atoms with E-state index in [1.54, 1.807) is 55.7 Å². The lowest BCUT2D eigenvalue weighted by atomic mass is 10.1. The van der Waals surface area contributed by atoms with Crippen LogP contribution in [0, 0.1) is 0 Å². The van der Waals surface area contributed by atoms with Gasteiger partial charge in [-0.25, -0.2) is 0 Å². The first kappa shape index (κ1) is 18.9. The van der Waals surface area contributed by atoms with Gasteiger partial charge in [0, 0.05) is 18.7 Å². The number of carbonyl (C=O) groups excluding carboxylic acids is 2. The third-order valence-corrected chi connectivity index (χ3v) is 4.30. The van der Waals surface area contributed by atoms with Gasteiger partial charge in [-0.2, -0.15) is 0 Å². The molecule has 1 heterocycles. The van der Waals surface area contributed by atoms with E-state index in [0.717, 1.165) is 0 Å². The molecule has 1 N–H and O–H groups in total. The standard InChI is InChI=1S/C20H19ClN2O4/c1-26-11-10-22-19(24)13-23-16-8-4-5-9-17(16)27-18(20(23)25)12-14-6-2-3-7-15(14)21/h2-9,12H,10-11,13H2,1H3,(H,22,24). The lowest BCUT2D eigenvalue weighted by Crippen LogP contribution is -2.44. The van der Waals surface area contributed by atoms with Crippen LogP contribution in [0.4, 0.5) is 5.69 Å². The predicted octanol–water partition coefficient (Wildman–Crippen LogP) is 2.87. The predicted molar refractivity (Wildman–Crippen MR) is 104 cm³/mol. The molecule has 0 spiro atoms. The number of rotatable bonds is 6. The van der Waals surface area contributed by atoms with E-state index in [1.807, 2.05) is 6.07 Å². The largest absolute Gasteiger partial charge is 0.449 e. The number of carbonyl (C=O) groups is 2. The highest BCUT2D eigenvalue weighted by molar-refractivity contribution is 6.32. The summed E-state index contributed by atoms with van der Waals surface area (Å²) in [4.78, 5) is 26.6. The molecule has 3 rings (SSSR count). The zero-order valence-corrected chi connectivity index (χ0v) is 15.5. The SMILES string of the molecule is COCCNC(=O)CN1C(=O)C(=Cc2ccccc2Cl)Oc2ccccc21. The Hall–Kier alpha value is -2.83. The first-order valence-electron chi connectivity index (χ1n) is 8.41. The van der Waals surface area contributed by atoms with Crippen molar-refractivity contribution in [2.75, 3.05) is 31.7 Å². The second-order valence-electron chi connectivity index (χ2n) is 5.83. The molecule has 6 nitrogen and oxygen atoms in total. The highest BCUT2D eigenvalue weighted by atomic mass is 35.5. The summed E-state index contributed by atoms with van der Waals surface area (Å²) in [7, 11) is 1.56. The number of amides is 2. The van der Waals surface area contributed by atoms with Gasteiger partial charge in [-0.15, -0.1) is 0 Å². The maximum Gasteiger partial charge on any atom is 0.294 e. The van der Waals surface area contributed by atoms with Crippen LogP contribution in [0.5, 0.6) is 5.75 Å². The van der Waals surface area contributed by atoms with Gasteiger partial charge in [0.05, 0.1) is 12.3 Å². The van der Waals surface area contributed by atoms with E-state index in [1.165, 1.54) is 4.90 Å². The number of halogens is 1. The second-order valence-corrected chi connectivity index (χ2v) is 6.24. The fourth-order valence-electron chi connectivity index (χ4n) is 2.64. The molecule has 27 heavy (non-hydrogen) atoms. The molecule has 140 valence electrons. The molecular weight excluding hydrogens is 368 g/mol. The molecule has 0 aromatic heterocycles. The molecule has 0 unspecified atom stereocenters. The maximum atomic E-state index is 13.0. The van der Waals surface area contributed by atoms with Crippen LogP contribution in [0.25, 0.3) is 6.08 Å². The van der Waals surface area contributed by atoms with Gasteiger partial charge >= 0.3 is 0 Å². The molecule has 1 aliphatic heterocycles. The van der Waals surface area contributed by atoms with Crippen molar-refractivity contribution in [3.63, 3.8) is 0 Å². The zero-order valence-electron chi connectivity index (χ0n) is 14.8. The minimum atomic E-state index is -0.407. The van der Waals surface area contributed by atoms with Crippen LogP contribution in [0.1, 0.15) is 5.56 Å². The Bertz CT molecular complexity index is 882. The van der Waals surface area contributed by atoms with Crippen molar-refractivity contribution in [3.05, 3.63) is 64.9 Å². The molecule has 7 heteroatoms. The summed E-state index contributed by atoms with van der Waals surface area (Å²) in [5.41, 5.74) is 1.20. The number of nitrogens with one attached hydrogen (secondary N) is 1. The van der Waals surface area contributed by atoms with Gasteiger partial charge in [-0.05, 0) is 29.8 Å². The van der Waals surface area contributed by atoms with E-state index in [2.05, 4.69) is 5.32 Å². The maximum absolute atomic E-state index is 13.0. The second kappa shape index (κ2) is 8.70. The van der Waals surface area contributed by atoms with E-state index in [0.29, 0.717) is 35.2 Å². The summed E-state index contributed by atoms with van der Waals surface area (Å²) >= 11 is 6.18. The number of hydrogen-bond acceptors (Lipinski definition) is 4. The average Bonchev–Trinajstić information content (AvgIpc) is 2.67. The van der Waals surface area contributed by atoms with E-state index < -0.39 is 5.91 Å². The van der Waals surface area contributed by atoms with Crippen molar-refractivity contribution in [1.82, 2.24) is 5.32 Å². The van der Waals surface area contributed by atoms with Crippen LogP contribution < -0.4 is 15.0 Å². The van der Waals surface area contributed by atoms with E-state index in [-0.39, 0.29) is 18.2 Å². The minimum Gasteiger partial charge on any atom is -0.449 e. The number of methoxy groups -OCH3 is 1. The normalized spacial score (nSPS) is 14.7.